The molecule has 5 heteroatoms. The largest absolute Gasteiger partial charge is 0.388 e. The maximum absolute atomic E-state index is 11.2. The van der Waals surface area contributed by atoms with Crippen molar-refractivity contribution < 1.29 is 14.7 Å². The van der Waals surface area contributed by atoms with Gasteiger partial charge < -0.3 is 24.6 Å². The molecule has 22 heavy (non-hydrogen) atoms. The highest BCUT2D eigenvalue weighted by atomic mass is 16.3. The lowest BCUT2D eigenvalue weighted by Crippen LogP contribution is -2.27. The fourth-order valence-electron chi connectivity index (χ4n) is 2.58. The monoisotopic (exact) mass is 296 g/mol. The summed E-state index contributed by atoms with van der Waals surface area (Å²) in [6.07, 6.45) is 4.70. The number of fused-ring (bicyclic) bond motifs is 1. The van der Waals surface area contributed by atoms with E-state index in [2.05, 4.69) is 5.32 Å². The topological polar surface area (TPSA) is 71.3 Å². The number of benzene rings is 1. The summed E-state index contributed by atoms with van der Waals surface area (Å²) in [5, 5.41) is 13.0. The summed E-state index contributed by atoms with van der Waals surface area (Å²) in [6, 6.07) is 10.7. The number of aromatic nitrogens is 1. The number of hydrogen-bond donors (Lipinski definition) is 2. The Morgan fingerprint density at radius 3 is 2.68 bits per heavy atom. The Kier molecular flexibility index (Phi) is 3.89. The lowest BCUT2D eigenvalue weighted by Gasteiger charge is -2.24. The van der Waals surface area contributed by atoms with E-state index in [1.54, 1.807) is 12.1 Å². The number of aliphatic hydroxyl groups is 1. The number of nitrogens with one attached hydrogen (secondary N) is 1. The third kappa shape index (κ3) is 2.58. The number of carbonyl (C=O) groups is 2. The summed E-state index contributed by atoms with van der Waals surface area (Å²) < 4.78 is 1.92. The normalized spacial score (nSPS) is 17.9. The second kappa shape index (κ2) is 5.99. The average molecular weight is 296 g/mol. The van der Waals surface area contributed by atoms with Gasteiger partial charge in [0, 0.05) is 18.8 Å². The van der Waals surface area contributed by atoms with Gasteiger partial charge in [0.15, 0.2) is 0 Å². The number of aldehydes is 2. The van der Waals surface area contributed by atoms with E-state index in [1.807, 2.05) is 41.2 Å². The van der Waals surface area contributed by atoms with Crippen LogP contribution in [0.5, 0.6) is 0 Å². The van der Waals surface area contributed by atoms with E-state index >= 15 is 0 Å². The summed E-state index contributed by atoms with van der Waals surface area (Å²) in [6.45, 7) is 0. The molecule has 2 heterocycles. The van der Waals surface area contributed by atoms with Gasteiger partial charge in [0.1, 0.15) is 18.6 Å². The van der Waals surface area contributed by atoms with Crippen molar-refractivity contribution in [3.05, 3.63) is 59.4 Å². The van der Waals surface area contributed by atoms with Crippen LogP contribution in [0, 0.1) is 0 Å². The molecule has 2 aromatic rings. The molecule has 0 bridgehead atoms. The number of hydrogen-bond acceptors (Lipinski definition) is 4. The Morgan fingerprint density at radius 1 is 1.23 bits per heavy atom. The van der Waals surface area contributed by atoms with Crippen LogP contribution < -0.4 is 5.32 Å². The van der Waals surface area contributed by atoms with Gasteiger partial charge in [-0.05, 0) is 23.3 Å². The standard InChI is InChI=1S/C17H16N2O3/c20-9-7-17(22)13-5-3-12(4-6-13)14-10-19-8-1-2-16(19)15(11-21)18-14/h1-6,8-11,15,17-18,22H,7H2. The van der Waals surface area contributed by atoms with Gasteiger partial charge in [0.2, 0.25) is 0 Å². The highest BCUT2D eigenvalue weighted by Gasteiger charge is 2.20. The Hall–Kier alpha value is -2.66. The zero-order chi connectivity index (χ0) is 15.5. The third-order valence-corrected chi connectivity index (χ3v) is 3.77. The molecule has 0 aliphatic carbocycles. The summed E-state index contributed by atoms with van der Waals surface area (Å²) in [5.74, 6) is 0. The van der Waals surface area contributed by atoms with Crippen LogP contribution in [-0.4, -0.2) is 22.2 Å². The van der Waals surface area contributed by atoms with Gasteiger partial charge in [0.25, 0.3) is 0 Å². The second-order valence-corrected chi connectivity index (χ2v) is 5.18. The fourth-order valence-corrected chi connectivity index (χ4v) is 2.58. The van der Waals surface area contributed by atoms with E-state index in [9.17, 15) is 14.7 Å². The summed E-state index contributed by atoms with van der Waals surface area (Å²) in [7, 11) is 0. The van der Waals surface area contributed by atoms with Crippen LogP contribution in [0.4, 0.5) is 0 Å². The van der Waals surface area contributed by atoms with Gasteiger partial charge in [0.05, 0.1) is 17.5 Å². The molecule has 0 amide bonds. The molecule has 1 aliphatic heterocycles. The number of rotatable bonds is 5. The van der Waals surface area contributed by atoms with E-state index < -0.39 is 6.10 Å². The molecule has 3 rings (SSSR count). The zero-order valence-electron chi connectivity index (χ0n) is 11.8. The first-order valence-corrected chi connectivity index (χ1v) is 7.05. The minimum absolute atomic E-state index is 0.0836. The zero-order valence-corrected chi connectivity index (χ0v) is 11.8. The maximum atomic E-state index is 11.2. The lowest BCUT2D eigenvalue weighted by atomic mass is 10.0. The van der Waals surface area contributed by atoms with Gasteiger partial charge >= 0.3 is 0 Å². The van der Waals surface area contributed by atoms with Gasteiger partial charge in [-0.2, -0.15) is 0 Å². The van der Waals surface area contributed by atoms with Crippen LogP contribution >= 0.6 is 0 Å². The summed E-state index contributed by atoms with van der Waals surface area (Å²) in [4.78, 5) is 21.7. The second-order valence-electron chi connectivity index (χ2n) is 5.18. The van der Waals surface area contributed by atoms with Crippen LogP contribution in [-0.2, 0) is 9.59 Å². The highest BCUT2D eigenvalue weighted by molar-refractivity contribution is 5.80. The molecule has 1 aromatic heterocycles. The Bertz CT molecular complexity index is 716. The van der Waals surface area contributed by atoms with Crippen molar-refractivity contribution in [3.63, 3.8) is 0 Å². The van der Waals surface area contributed by atoms with Gasteiger partial charge in [-0.15, -0.1) is 0 Å². The van der Waals surface area contributed by atoms with Crippen LogP contribution in [0.15, 0.2) is 42.6 Å². The van der Waals surface area contributed by atoms with Crippen molar-refractivity contribution in [1.82, 2.24) is 9.88 Å². The van der Waals surface area contributed by atoms with E-state index in [0.717, 1.165) is 23.2 Å². The molecule has 0 radical (unpaired) electrons. The predicted octanol–water partition coefficient (Wildman–Crippen LogP) is 1.91. The SMILES string of the molecule is O=CCC(O)c1ccc(C2=Cn3cccc3C(C=O)N2)cc1. The molecule has 5 nitrogen and oxygen atoms in total. The van der Waals surface area contributed by atoms with Crippen molar-refractivity contribution in [2.24, 2.45) is 0 Å². The molecular formula is C17H16N2O3. The quantitative estimate of drug-likeness (QED) is 0.827. The molecule has 1 aliphatic rings. The van der Waals surface area contributed by atoms with Crippen molar-refractivity contribution in [3.8, 4) is 0 Å². The summed E-state index contributed by atoms with van der Waals surface area (Å²) in [5.41, 5.74) is 3.34. The van der Waals surface area contributed by atoms with E-state index in [-0.39, 0.29) is 12.5 Å². The first-order valence-electron chi connectivity index (χ1n) is 7.05. The molecule has 0 saturated heterocycles. The molecule has 1 aromatic carbocycles. The first-order chi connectivity index (χ1) is 10.7. The minimum atomic E-state index is -0.779. The van der Waals surface area contributed by atoms with Gasteiger partial charge in [-0.1, -0.05) is 24.3 Å². The molecule has 0 spiro atoms. The predicted molar refractivity (Wildman–Crippen MR) is 82.6 cm³/mol. The highest BCUT2D eigenvalue weighted by Crippen LogP contribution is 2.26. The number of nitrogens with zero attached hydrogens (tertiary/aromatic N) is 1. The van der Waals surface area contributed by atoms with Crippen molar-refractivity contribution in [2.45, 2.75) is 18.6 Å². The maximum Gasteiger partial charge on any atom is 0.148 e. The van der Waals surface area contributed by atoms with Gasteiger partial charge in [-0.3, -0.25) is 0 Å². The molecule has 2 atom stereocenters. The minimum Gasteiger partial charge on any atom is -0.388 e. The molecule has 2 N–H and O–H groups in total. The van der Waals surface area contributed by atoms with Crippen LogP contribution in [0.1, 0.15) is 35.4 Å². The van der Waals surface area contributed by atoms with E-state index in [1.165, 1.54) is 0 Å². The van der Waals surface area contributed by atoms with Crippen molar-refractivity contribution in [1.29, 1.82) is 0 Å². The Labute approximate surface area is 127 Å². The van der Waals surface area contributed by atoms with Crippen molar-refractivity contribution >= 4 is 24.5 Å². The molecule has 0 saturated carbocycles. The lowest BCUT2D eigenvalue weighted by molar-refractivity contribution is -0.110. The Balaban J connectivity index is 1.89. The first kappa shape index (κ1) is 14.3. The molecule has 2 unspecified atom stereocenters. The molecule has 112 valence electrons. The van der Waals surface area contributed by atoms with Crippen LogP contribution in [0.25, 0.3) is 11.9 Å². The third-order valence-electron chi connectivity index (χ3n) is 3.77. The smallest absolute Gasteiger partial charge is 0.148 e. The average Bonchev–Trinajstić information content (AvgIpc) is 3.03. The number of aliphatic hydroxyl groups excluding tert-OH is 1. The van der Waals surface area contributed by atoms with Crippen molar-refractivity contribution in [2.75, 3.05) is 0 Å². The number of carbonyl (C=O) groups excluding carboxylic acids is 2. The Morgan fingerprint density at radius 2 is 2.00 bits per heavy atom. The fraction of sp³-hybridized carbons (Fsp3) is 0.176. The van der Waals surface area contributed by atoms with E-state index in [0.29, 0.717) is 11.8 Å². The molecule has 0 fully saturated rings. The van der Waals surface area contributed by atoms with Crippen LogP contribution in [0.3, 0.4) is 0 Å². The molecular weight excluding hydrogens is 280 g/mol. The van der Waals surface area contributed by atoms with Gasteiger partial charge in [-0.25, -0.2) is 0 Å². The van der Waals surface area contributed by atoms with Crippen LogP contribution in [0.2, 0.25) is 0 Å². The summed E-state index contributed by atoms with van der Waals surface area (Å²) >= 11 is 0. The van der Waals surface area contributed by atoms with E-state index in [4.69, 9.17) is 0 Å².